The first-order valence-electron chi connectivity index (χ1n) is 20.1. The fraction of sp³-hybridized carbons (Fsp3) is 0.512. The summed E-state index contributed by atoms with van der Waals surface area (Å²) < 4.78 is 11.4. The highest BCUT2D eigenvalue weighted by Gasteiger charge is 2.51. The smallest absolute Gasteiger partial charge is 0.407 e. The number of nitrogens with zero attached hydrogens (tertiary/aromatic N) is 4. The molecule has 55 heavy (non-hydrogen) atoms. The molecule has 3 aliphatic rings. The van der Waals surface area contributed by atoms with E-state index in [0.29, 0.717) is 32.0 Å². The standard InChI is InChI=1S/C43H55N7O5/c1-7-18-49(38(51)20-26(4)8-2)25-37-44-23-32(46-37)29-12-14-30-36(22-29)55-35-15-13-28(21-31(35)43(30)16-17-43)33-24-45-40(47-33)34-11-10-19-50(34)41(52)39(27(5)9-3)48-42(53)54-6/h12-15,21-24,26-27,34,39H,7-11,16-20,25H2,1-6H3,(H,44,46)(H,45,47)(H,48,53). The molecule has 1 saturated heterocycles. The number of imidazole rings is 2. The second-order valence-electron chi connectivity index (χ2n) is 15.8. The average Bonchev–Trinajstić information content (AvgIpc) is 3.54. The number of benzene rings is 2. The number of aromatic amines is 2. The molecule has 1 saturated carbocycles. The molecule has 4 unspecified atom stereocenters. The molecule has 4 atom stereocenters. The third kappa shape index (κ3) is 7.60. The molecule has 7 rings (SSSR count). The molecule has 2 fully saturated rings. The van der Waals surface area contributed by atoms with Crippen molar-refractivity contribution < 1.29 is 23.9 Å². The number of alkyl carbamates (subject to hydrolysis) is 1. The molecule has 2 aliphatic heterocycles. The number of likely N-dealkylation sites (tertiary alicyclic amines) is 1. The van der Waals surface area contributed by atoms with Gasteiger partial charge in [0.05, 0.1) is 43.5 Å². The Kier molecular flexibility index (Phi) is 11.0. The lowest BCUT2D eigenvalue weighted by Crippen LogP contribution is -2.51. The summed E-state index contributed by atoms with van der Waals surface area (Å²) >= 11 is 0. The second kappa shape index (κ2) is 15.9. The summed E-state index contributed by atoms with van der Waals surface area (Å²) in [5, 5.41) is 2.77. The monoisotopic (exact) mass is 749 g/mol. The first kappa shape index (κ1) is 38.2. The molecule has 4 heterocycles. The van der Waals surface area contributed by atoms with Gasteiger partial charge < -0.3 is 34.6 Å². The number of ether oxygens (including phenoxy) is 2. The zero-order valence-corrected chi connectivity index (χ0v) is 33.0. The van der Waals surface area contributed by atoms with Crippen LogP contribution in [0.2, 0.25) is 0 Å². The number of aromatic nitrogens is 4. The van der Waals surface area contributed by atoms with E-state index in [0.717, 1.165) is 90.6 Å². The van der Waals surface area contributed by atoms with E-state index >= 15 is 0 Å². The molecule has 292 valence electrons. The molecular weight excluding hydrogens is 695 g/mol. The van der Waals surface area contributed by atoms with Gasteiger partial charge in [-0.3, -0.25) is 9.59 Å². The van der Waals surface area contributed by atoms with E-state index in [4.69, 9.17) is 14.5 Å². The number of methoxy groups -OCH3 is 1. The summed E-state index contributed by atoms with van der Waals surface area (Å²) in [5.74, 6) is 3.60. The predicted molar refractivity (Wildman–Crippen MR) is 210 cm³/mol. The zero-order valence-electron chi connectivity index (χ0n) is 33.0. The lowest BCUT2D eigenvalue weighted by atomic mass is 9.83. The molecular formula is C43H55N7O5. The summed E-state index contributed by atoms with van der Waals surface area (Å²) in [6.07, 6.45) is 9.99. The Morgan fingerprint density at radius 3 is 2.45 bits per heavy atom. The maximum absolute atomic E-state index is 13.8. The topological polar surface area (TPSA) is 146 Å². The molecule has 0 bridgehead atoms. The van der Waals surface area contributed by atoms with E-state index in [2.05, 4.69) is 77.4 Å². The number of rotatable bonds is 14. The summed E-state index contributed by atoms with van der Waals surface area (Å²) in [7, 11) is 1.31. The number of H-pyrrole nitrogens is 2. The van der Waals surface area contributed by atoms with Crippen LogP contribution in [0.1, 0.15) is 115 Å². The van der Waals surface area contributed by atoms with E-state index < -0.39 is 12.1 Å². The van der Waals surface area contributed by atoms with Crippen LogP contribution in [0.4, 0.5) is 4.79 Å². The molecule has 1 aliphatic carbocycles. The fourth-order valence-electron chi connectivity index (χ4n) is 8.18. The van der Waals surface area contributed by atoms with E-state index in [1.165, 1.54) is 18.2 Å². The number of fused-ring (bicyclic) bond motifs is 4. The first-order valence-corrected chi connectivity index (χ1v) is 20.1. The Morgan fingerprint density at radius 2 is 1.73 bits per heavy atom. The Morgan fingerprint density at radius 1 is 0.982 bits per heavy atom. The van der Waals surface area contributed by atoms with Crippen molar-refractivity contribution in [2.24, 2.45) is 11.8 Å². The lowest BCUT2D eigenvalue weighted by Gasteiger charge is -2.30. The molecule has 2 aromatic heterocycles. The van der Waals surface area contributed by atoms with Crippen LogP contribution in [-0.4, -0.2) is 73.9 Å². The molecule has 3 amide bonds. The van der Waals surface area contributed by atoms with Crippen molar-refractivity contribution >= 4 is 17.9 Å². The van der Waals surface area contributed by atoms with Crippen LogP contribution >= 0.6 is 0 Å². The van der Waals surface area contributed by atoms with Crippen molar-refractivity contribution in [2.45, 2.75) is 110 Å². The molecule has 3 N–H and O–H groups in total. The minimum absolute atomic E-state index is 0.0496. The van der Waals surface area contributed by atoms with Crippen molar-refractivity contribution in [3.05, 3.63) is 71.6 Å². The van der Waals surface area contributed by atoms with Gasteiger partial charge in [0.1, 0.15) is 29.2 Å². The highest BCUT2D eigenvalue weighted by atomic mass is 16.5. The Hall–Kier alpha value is -5.13. The van der Waals surface area contributed by atoms with Gasteiger partial charge in [-0.05, 0) is 68.2 Å². The summed E-state index contributed by atoms with van der Waals surface area (Å²) in [4.78, 5) is 59.1. The predicted octanol–water partition coefficient (Wildman–Crippen LogP) is 8.26. The Balaban J connectivity index is 1.08. The average molecular weight is 750 g/mol. The van der Waals surface area contributed by atoms with Crippen LogP contribution in [0, 0.1) is 11.8 Å². The van der Waals surface area contributed by atoms with Gasteiger partial charge >= 0.3 is 6.09 Å². The molecule has 0 radical (unpaired) electrons. The molecule has 12 heteroatoms. The maximum Gasteiger partial charge on any atom is 0.407 e. The van der Waals surface area contributed by atoms with Gasteiger partial charge in [-0.15, -0.1) is 0 Å². The van der Waals surface area contributed by atoms with Gasteiger partial charge in [-0.1, -0.05) is 59.6 Å². The van der Waals surface area contributed by atoms with Gasteiger partial charge in [0.25, 0.3) is 0 Å². The van der Waals surface area contributed by atoms with Gasteiger partial charge in [-0.2, -0.15) is 0 Å². The quantitative estimate of drug-likeness (QED) is 0.118. The van der Waals surface area contributed by atoms with E-state index in [1.54, 1.807) is 0 Å². The number of carbonyl (C=O) groups excluding carboxylic acids is 3. The van der Waals surface area contributed by atoms with Crippen molar-refractivity contribution in [3.8, 4) is 34.0 Å². The third-order valence-electron chi connectivity index (χ3n) is 12.0. The van der Waals surface area contributed by atoms with Crippen LogP contribution in [-0.2, 0) is 26.3 Å². The van der Waals surface area contributed by atoms with Crippen molar-refractivity contribution in [1.82, 2.24) is 35.1 Å². The number of hydrogen-bond acceptors (Lipinski definition) is 7. The van der Waals surface area contributed by atoms with Crippen LogP contribution < -0.4 is 10.1 Å². The Bertz CT molecular complexity index is 2030. The largest absolute Gasteiger partial charge is 0.457 e. The van der Waals surface area contributed by atoms with Crippen LogP contribution in [0.25, 0.3) is 22.5 Å². The highest BCUT2D eigenvalue weighted by molar-refractivity contribution is 5.86. The van der Waals surface area contributed by atoms with Crippen molar-refractivity contribution in [2.75, 3.05) is 20.2 Å². The lowest BCUT2D eigenvalue weighted by molar-refractivity contribution is -0.135. The van der Waals surface area contributed by atoms with Crippen LogP contribution in [0.5, 0.6) is 11.5 Å². The van der Waals surface area contributed by atoms with E-state index in [9.17, 15) is 14.4 Å². The van der Waals surface area contributed by atoms with Gasteiger partial charge in [0.2, 0.25) is 11.8 Å². The van der Waals surface area contributed by atoms with Crippen molar-refractivity contribution in [1.29, 1.82) is 0 Å². The van der Waals surface area contributed by atoms with Gasteiger partial charge in [0.15, 0.2) is 0 Å². The summed E-state index contributed by atoms with van der Waals surface area (Å²) in [6.45, 7) is 12.1. The molecule has 1 spiro atoms. The van der Waals surface area contributed by atoms with Gasteiger partial charge in [0, 0.05) is 47.2 Å². The number of carbonyl (C=O) groups is 3. The first-order chi connectivity index (χ1) is 26.6. The van der Waals surface area contributed by atoms with Crippen LogP contribution in [0.3, 0.4) is 0 Å². The molecule has 12 nitrogen and oxygen atoms in total. The molecule has 4 aromatic rings. The van der Waals surface area contributed by atoms with Crippen LogP contribution in [0.15, 0.2) is 48.8 Å². The minimum atomic E-state index is -0.670. The SMILES string of the molecule is CCCN(Cc1ncc(-c2ccc3c(c2)Oc2ccc(-c4cnc(C5CCCN5C(=O)C(NC(=O)OC)C(C)CC)[nH]4)cc2C32CC2)[nH]1)C(=O)CC(C)CC. The summed E-state index contributed by atoms with van der Waals surface area (Å²) in [5.41, 5.74) is 6.03. The molecule has 2 aromatic carbocycles. The maximum atomic E-state index is 13.8. The fourth-order valence-corrected chi connectivity index (χ4v) is 8.18. The second-order valence-corrected chi connectivity index (χ2v) is 15.8. The highest BCUT2D eigenvalue weighted by Crippen LogP contribution is 2.62. The zero-order chi connectivity index (χ0) is 38.9. The van der Waals surface area contributed by atoms with E-state index in [-0.39, 0.29) is 29.2 Å². The summed E-state index contributed by atoms with van der Waals surface area (Å²) in [6, 6.07) is 11.9. The normalized spacial score (nSPS) is 18.1. The number of amides is 3. The Labute approximate surface area is 323 Å². The van der Waals surface area contributed by atoms with Gasteiger partial charge in [-0.25, -0.2) is 14.8 Å². The number of hydrogen-bond donors (Lipinski definition) is 3. The van der Waals surface area contributed by atoms with Crippen molar-refractivity contribution in [3.63, 3.8) is 0 Å². The number of nitrogens with one attached hydrogen (secondary N) is 3. The van der Waals surface area contributed by atoms with E-state index in [1.807, 2.05) is 36.0 Å². The third-order valence-corrected chi connectivity index (χ3v) is 12.0. The minimum Gasteiger partial charge on any atom is -0.457 e.